The van der Waals surface area contributed by atoms with Crippen LogP contribution in [0.3, 0.4) is 0 Å². The largest absolute Gasteiger partial charge is 0.481 e. The van der Waals surface area contributed by atoms with Crippen molar-refractivity contribution >= 4 is 5.69 Å². The summed E-state index contributed by atoms with van der Waals surface area (Å²) >= 11 is 0. The fourth-order valence-electron chi connectivity index (χ4n) is 1.95. The molecule has 1 aromatic carbocycles. The van der Waals surface area contributed by atoms with E-state index in [0.717, 1.165) is 11.1 Å². The maximum absolute atomic E-state index is 10.6. The number of hydrogen-bond acceptors (Lipinski definition) is 5. The lowest BCUT2D eigenvalue weighted by Gasteiger charge is -2.14. The van der Waals surface area contributed by atoms with Crippen LogP contribution < -0.4 is 10.1 Å². The number of non-ortho nitro benzene ring substituents is 1. The number of methoxy groups -OCH3 is 1. The first-order valence-corrected chi connectivity index (χ1v) is 6.57. The van der Waals surface area contributed by atoms with Gasteiger partial charge in [0.05, 0.1) is 12.0 Å². The van der Waals surface area contributed by atoms with Crippen LogP contribution in [0.25, 0.3) is 0 Å². The molecule has 2 aromatic rings. The zero-order chi connectivity index (χ0) is 15.2. The first-order valence-electron chi connectivity index (χ1n) is 6.57. The summed E-state index contributed by atoms with van der Waals surface area (Å²) in [5.74, 6) is 0.581. The topological polar surface area (TPSA) is 77.3 Å². The highest BCUT2D eigenvalue weighted by atomic mass is 16.6. The molecule has 0 spiro atoms. The standard InChI is InChI=1S/C15H17N3O3/c1-11(13-3-5-14(6-4-13)18(19)20)17-10-12-7-8-16-15(9-12)21-2/h3-9,11,17H,10H2,1-2H3. The third kappa shape index (κ3) is 4.00. The van der Waals surface area contributed by atoms with Gasteiger partial charge in [-0.3, -0.25) is 10.1 Å². The van der Waals surface area contributed by atoms with Crippen molar-refractivity contribution in [1.29, 1.82) is 0 Å². The Bertz CT molecular complexity index is 614. The Hall–Kier alpha value is -2.47. The van der Waals surface area contributed by atoms with E-state index >= 15 is 0 Å². The molecule has 1 heterocycles. The SMILES string of the molecule is COc1cc(CNC(C)c2ccc([N+](=O)[O-])cc2)ccn1. The molecule has 0 bridgehead atoms. The summed E-state index contributed by atoms with van der Waals surface area (Å²) in [5, 5.41) is 14.0. The molecular weight excluding hydrogens is 270 g/mol. The molecule has 0 aliphatic heterocycles. The number of benzene rings is 1. The van der Waals surface area contributed by atoms with Crippen LogP contribution in [-0.4, -0.2) is 17.0 Å². The first kappa shape index (κ1) is 14.9. The minimum atomic E-state index is -0.398. The van der Waals surface area contributed by atoms with Gasteiger partial charge in [0.2, 0.25) is 5.88 Å². The lowest BCUT2D eigenvalue weighted by Crippen LogP contribution is -2.18. The Morgan fingerprint density at radius 3 is 2.67 bits per heavy atom. The maximum atomic E-state index is 10.6. The minimum absolute atomic E-state index is 0.0879. The molecule has 110 valence electrons. The monoisotopic (exact) mass is 287 g/mol. The van der Waals surface area contributed by atoms with Crippen LogP contribution in [-0.2, 0) is 6.54 Å². The van der Waals surface area contributed by atoms with E-state index < -0.39 is 4.92 Å². The van der Waals surface area contributed by atoms with Crippen LogP contribution in [0, 0.1) is 10.1 Å². The van der Waals surface area contributed by atoms with Gasteiger partial charge in [-0.05, 0) is 24.1 Å². The van der Waals surface area contributed by atoms with Gasteiger partial charge in [-0.2, -0.15) is 0 Å². The Balaban J connectivity index is 1.97. The lowest BCUT2D eigenvalue weighted by atomic mass is 10.1. The van der Waals surface area contributed by atoms with Crippen molar-refractivity contribution in [1.82, 2.24) is 10.3 Å². The molecular formula is C15H17N3O3. The second-order valence-electron chi connectivity index (χ2n) is 4.66. The highest BCUT2D eigenvalue weighted by Crippen LogP contribution is 2.18. The fraction of sp³-hybridized carbons (Fsp3) is 0.267. The predicted molar refractivity (Wildman–Crippen MR) is 79.1 cm³/mol. The summed E-state index contributed by atoms with van der Waals surface area (Å²) in [7, 11) is 1.58. The summed E-state index contributed by atoms with van der Waals surface area (Å²) in [6, 6.07) is 10.4. The Kier molecular flexibility index (Phi) is 4.84. The van der Waals surface area contributed by atoms with Gasteiger partial charge in [0.25, 0.3) is 5.69 Å². The van der Waals surface area contributed by atoms with Gasteiger partial charge in [0, 0.05) is 37.0 Å². The normalized spacial score (nSPS) is 11.9. The molecule has 0 amide bonds. The number of pyridine rings is 1. The van der Waals surface area contributed by atoms with Crippen molar-refractivity contribution in [3.8, 4) is 5.88 Å². The van der Waals surface area contributed by atoms with Crippen molar-refractivity contribution in [3.05, 3.63) is 63.8 Å². The smallest absolute Gasteiger partial charge is 0.269 e. The first-order chi connectivity index (χ1) is 10.1. The van der Waals surface area contributed by atoms with E-state index in [2.05, 4.69) is 10.3 Å². The summed E-state index contributed by atoms with van der Waals surface area (Å²) in [4.78, 5) is 14.3. The number of nitrogens with one attached hydrogen (secondary N) is 1. The van der Waals surface area contributed by atoms with E-state index in [4.69, 9.17) is 4.74 Å². The summed E-state index contributed by atoms with van der Waals surface area (Å²) in [5.41, 5.74) is 2.17. The quantitative estimate of drug-likeness (QED) is 0.653. The van der Waals surface area contributed by atoms with Crippen LogP contribution in [0.5, 0.6) is 5.88 Å². The van der Waals surface area contributed by atoms with Crippen LogP contribution in [0.4, 0.5) is 5.69 Å². The number of nitro groups is 1. The van der Waals surface area contributed by atoms with Crippen LogP contribution >= 0.6 is 0 Å². The van der Waals surface area contributed by atoms with E-state index in [1.807, 2.05) is 19.1 Å². The number of nitrogens with zero attached hydrogens (tertiary/aromatic N) is 2. The molecule has 0 radical (unpaired) electrons. The molecule has 0 fully saturated rings. The molecule has 1 aromatic heterocycles. The average Bonchev–Trinajstić information content (AvgIpc) is 2.53. The average molecular weight is 287 g/mol. The molecule has 1 unspecified atom stereocenters. The van der Waals surface area contributed by atoms with E-state index in [9.17, 15) is 10.1 Å². The number of ether oxygens (including phenoxy) is 1. The summed E-state index contributed by atoms with van der Waals surface area (Å²) < 4.78 is 5.08. The molecule has 1 N–H and O–H groups in total. The van der Waals surface area contributed by atoms with Crippen LogP contribution in [0.1, 0.15) is 24.1 Å². The van der Waals surface area contributed by atoms with Crippen molar-refractivity contribution in [2.45, 2.75) is 19.5 Å². The van der Waals surface area contributed by atoms with Gasteiger partial charge in [-0.1, -0.05) is 12.1 Å². The zero-order valence-electron chi connectivity index (χ0n) is 11.9. The lowest BCUT2D eigenvalue weighted by molar-refractivity contribution is -0.384. The van der Waals surface area contributed by atoms with Gasteiger partial charge in [-0.25, -0.2) is 4.98 Å². The predicted octanol–water partition coefficient (Wildman–Crippen LogP) is 2.85. The molecule has 0 saturated carbocycles. The number of aromatic nitrogens is 1. The van der Waals surface area contributed by atoms with Crippen molar-refractivity contribution < 1.29 is 9.66 Å². The van der Waals surface area contributed by atoms with Gasteiger partial charge < -0.3 is 10.1 Å². The summed E-state index contributed by atoms with van der Waals surface area (Å²) in [6.45, 7) is 2.68. The molecule has 1 atom stereocenters. The van der Waals surface area contributed by atoms with Gasteiger partial charge in [0.1, 0.15) is 0 Å². The highest BCUT2D eigenvalue weighted by molar-refractivity contribution is 5.34. The number of nitro benzene ring substituents is 1. The van der Waals surface area contributed by atoms with Gasteiger partial charge in [0.15, 0.2) is 0 Å². The van der Waals surface area contributed by atoms with Crippen LogP contribution in [0.2, 0.25) is 0 Å². The molecule has 21 heavy (non-hydrogen) atoms. The molecule has 6 heteroatoms. The minimum Gasteiger partial charge on any atom is -0.481 e. The third-order valence-electron chi connectivity index (χ3n) is 3.22. The number of rotatable bonds is 6. The van der Waals surface area contributed by atoms with Crippen LogP contribution in [0.15, 0.2) is 42.6 Å². The highest BCUT2D eigenvalue weighted by Gasteiger charge is 2.09. The molecule has 2 rings (SSSR count). The molecule has 0 aliphatic carbocycles. The van der Waals surface area contributed by atoms with E-state index in [0.29, 0.717) is 12.4 Å². The van der Waals surface area contributed by atoms with Crippen molar-refractivity contribution in [2.75, 3.05) is 7.11 Å². The zero-order valence-corrected chi connectivity index (χ0v) is 11.9. The molecule has 6 nitrogen and oxygen atoms in total. The van der Waals surface area contributed by atoms with E-state index in [-0.39, 0.29) is 11.7 Å². The summed E-state index contributed by atoms with van der Waals surface area (Å²) in [6.07, 6.45) is 1.70. The van der Waals surface area contributed by atoms with Crippen molar-refractivity contribution in [2.24, 2.45) is 0 Å². The Labute approximate surface area is 122 Å². The molecule has 0 aliphatic rings. The second-order valence-corrected chi connectivity index (χ2v) is 4.66. The third-order valence-corrected chi connectivity index (χ3v) is 3.22. The Morgan fingerprint density at radius 1 is 1.33 bits per heavy atom. The van der Waals surface area contributed by atoms with Gasteiger partial charge >= 0.3 is 0 Å². The number of hydrogen-bond donors (Lipinski definition) is 1. The molecule has 0 saturated heterocycles. The Morgan fingerprint density at radius 2 is 2.05 bits per heavy atom. The second kappa shape index (κ2) is 6.81. The van der Waals surface area contributed by atoms with Crippen molar-refractivity contribution in [3.63, 3.8) is 0 Å². The maximum Gasteiger partial charge on any atom is 0.269 e. The van der Waals surface area contributed by atoms with E-state index in [1.165, 1.54) is 12.1 Å². The fourth-order valence-corrected chi connectivity index (χ4v) is 1.95. The van der Waals surface area contributed by atoms with E-state index in [1.54, 1.807) is 25.4 Å². The van der Waals surface area contributed by atoms with Gasteiger partial charge in [-0.15, -0.1) is 0 Å².